The SMILES string of the molecule is CN=C(NCCC(=O)NCc1ccccc1)NCc1ccc(OCC(F)(F)F)cc1. The molecule has 2 aromatic carbocycles. The van der Waals surface area contributed by atoms with E-state index in [9.17, 15) is 18.0 Å². The van der Waals surface area contributed by atoms with Crippen LogP contribution >= 0.6 is 0 Å². The Balaban J connectivity index is 1.66. The lowest BCUT2D eigenvalue weighted by atomic mass is 10.2. The largest absolute Gasteiger partial charge is 0.484 e. The molecule has 0 atom stereocenters. The highest BCUT2D eigenvalue weighted by Crippen LogP contribution is 2.18. The number of hydrogen-bond donors (Lipinski definition) is 3. The first kappa shape index (κ1) is 23.1. The molecule has 0 saturated carbocycles. The average Bonchev–Trinajstić information content (AvgIpc) is 2.74. The van der Waals surface area contributed by atoms with Gasteiger partial charge in [0, 0.05) is 33.1 Å². The number of nitrogens with one attached hydrogen (secondary N) is 3. The summed E-state index contributed by atoms with van der Waals surface area (Å²) in [6, 6.07) is 15.9. The maximum Gasteiger partial charge on any atom is 0.422 e. The van der Waals surface area contributed by atoms with Crippen molar-refractivity contribution in [2.24, 2.45) is 4.99 Å². The number of halogens is 3. The van der Waals surface area contributed by atoms with Gasteiger partial charge in [0.15, 0.2) is 12.6 Å². The first-order valence-electron chi connectivity index (χ1n) is 9.39. The Morgan fingerprint density at radius 3 is 2.20 bits per heavy atom. The van der Waals surface area contributed by atoms with Gasteiger partial charge in [-0.2, -0.15) is 13.2 Å². The first-order chi connectivity index (χ1) is 14.4. The normalized spacial score (nSPS) is 11.7. The number of rotatable bonds is 9. The van der Waals surface area contributed by atoms with Crippen LogP contribution in [-0.4, -0.2) is 38.2 Å². The number of nitrogens with zero attached hydrogens (tertiary/aromatic N) is 1. The van der Waals surface area contributed by atoms with Crippen molar-refractivity contribution in [3.05, 3.63) is 65.7 Å². The van der Waals surface area contributed by atoms with Crippen LogP contribution in [0.25, 0.3) is 0 Å². The number of hydrogen-bond acceptors (Lipinski definition) is 3. The molecule has 0 unspecified atom stereocenters. The molecule has 30 heavy (non-hydrogen) atoms. The van der Waals surface area contributed by atoms with Crippen molar-refractivity contribution in [2.45, 2.75) is 25.7 Å². The van der Waals surface area contributed by atoms with Gasteiger partial charge in [-0.25, -0.2) is 0 Å². The summed E-state index contributed by atoms with van der Waals surface area (Å²) in [6.07, 6.45) is -4.07. The zero-order valence-electron chi connectivity index (χ0n) is 16.6. The Labute approximate surface area is 173 Å². The van der Waals surface area contributed by atoms with E-state index >= 15 is 0 Å². The highest BCUT2D eigenvalue weighted by molar-refractivity contribution is 5.81. The van der Waals surface area contributed by atoms with E-state index < -0.39 is 12.8 Å². The molecule has 0 aliphatic rings. The number of carbonyl (C=O) groups is 1. The van der Waals surface area contributed by atoms with Gasteiger partial charge >= 0.3 is 6.18 Å². The van der Waals surface area contributed by atoms with Crippen LogP contribution in [0.4, 0.5) is 13.2 Å². The van der Waals surface area contributed by atoms with Crippen LogP contribution in [0.2, 0.25) is 0 Å². The minimum absolute atomic E-state index is 0.0729. The monoisotopic (exact) mass is 422 g/mol. The highest BCUT2D eigenvalue weighted by atomic mass is 19.4. The molecule has 3 N–H and O–H groups in total. The summed E-state index contributed by atoms with van der Waals surface area (Å²) < 4.78 is 41.2. The zero-order chi connectivity index (χ0) is 21.8. The molecule has 162 valence electrons. The summed E-state index contributed by atoms with van der Waals surface area (Å²) in [5.74, 6) is 0.597. The number of guanidine groups is 1. The van der Waals surface area contributed by atoms with Crippen molar-refractivity contribution in [2.75, 3.05) is 20.2 Å². The van der Waals surface area contributed by atoms with Gasteiger partial charge in [-0.1, -0.05) is 42.5 Å². The van der Waals surface area contributed by atoms with E-state index in [1.807, 2.05) is 30.3 Å². The van der Waals surface area contributed by atoms with Crippen LogP contribution in [-0.2, 0) is 17.9 Å². The van der Waals surface area contributed by atoms with Gasteiger partial charge < -0.3 is 20.7 Å². The molecule has 2 aromatic rings. The van der Waals surface area contributed by atoms with Crippen LogP contribution in [0.3, 0.4) is 0 Å². The number of carbonyl (C=O) groups excluding carboxylic acids is 1. The highest BCUT2D eigenvalue weighted by Gasteiger charge is 2.28. The van der Waals surface area contributed by atoms with Crippen molar-refractivity contribution < 1.29 is 22.7 Å². The standard InChI is InChI=1S/C21H25F3N4O2/c1-25-20(26-12-11-19(29)27-13-16-5-3-2-4-6-16)28-14-17-7-9-18(10-8-17)30-15-21(22,23)24/h2-10H,11-15H2,1H3,(H,27,29)(H2,25,26,28). The van der Waals surface area contributed by atoms with E-state index in [4.69, 9.17) is 0 Å². The zero-order valence-corrected chi connectivity index (χ0v) is 16.6. The summed E-state index contributed by atoms with van der Waals surface area (Å²) in [5.41, 5.74) is 1.88. The number of benzene rings is 2. The number of ether oxygens (including phenoxy) is 1. The van der Waals surface area contributed by atoms with E-state index in [-0.39, 0.29) is 11.7 Å². The minimum Gasteiger partial charge on any atom is -0.484 e. The summed E-state index contributed by atoms with van der Waals surface area (Å²) in [6.45, 7) is -0.0145. The van der Waals surface area contributed by atoms with E-state index in [0.717, 1.165) is 11.1 Å². The van der Waals surface area contributed by atoms with Crippen molar-refractivity contribution in [3.8, 4) is 5.75 Å². The predicted molar refractivity (Wildman–Crippen MR) is 109 cm³/mol. The number of aliphatic imine (C=N–C) groups is 1. The lowest BCUT2D eigenvalue weighted by Crippen LogP contribution is -2.38. The first-order valence-corrected chi connectivity index (χ1v) is 9.39. The van der Waals surface area contributed by atoms with E-state index in [2.05, 4.69) is 25.7 Å². The van der Waals surface area contributed by atoms with E-state index in [1.54, 1.807) is 19.2 Å². The van der Waals surface area contributed by atoms with Crippen LogP contribution < -0.4 is 20.7 Å². The number of alkyl halides is 3. The quantitative estimate of drug-likeness (QED) is 0.429. The second-order valence-electron chi connectivity index (χ2n) is 6.41. The Bertz CT molecular complexity index is 809. The third-order valence-electron chi connectivity index (χ3n) is 3.99. The summed E-state index contributed by atoms with van der Waals surface area (Å²) in [5, 5.41) is 8.98. The topological polar surface area (TPSA) is 74.8 Å². The van der Waals surface area contributed by atoms with Gasteiger partial charge in [-0.3, -0.25) is 9.79 Å². The van der Waals surface area contributed by atoms with Gasteiger partial charge in [0.1, 0.15) is 5.75 Å². The van der Waals surface area contributed by atoms with Gasteiger partial charge in [-0.15, -0.1) is 0 Å². The fourth-order valence-electron chi connectivity index (χ4n) is 2.45. The fraction of sp³-hybridized carbons (Fsp3) is 0.333. The Kier molecular flexibility index (Phi) is 8.99. The second kappa shape index (κ2) is 11.7. The molecule has 1 amide bonds. The van der Waals surface area contributed by atoms with Crippen LogP contribution in [0.15, 0.2) is 59.6 Å². The van der Waals surface area contributed by atoms with Crippen molar-refractivity contribution in [3.63, 3.8) is 0 Å². The Morgan fingerprint density at radius 1 is 0.933 bits per heavy atom. The molecule has 6 nitrogen and oxygen atoms in total. The molecule has 0 aromatic heterocycles. The Morgan fingerprint density at radius 2 is 1.57 bits per heavy atom. The molecular weight excluding hydrogens is 397 g/mol. The van der Waals surface area contributed by atoms with Crippen molar-refractivity contribution >= 4 is 11.9 Å². The van der Waals surface area contributed by atoms with E-state index in [1.165, 1.54) is 12.1 Å². The molecule has 0 fully saturated rings. The maximum absolute atomic E-state index is 12.2. The summed E-state index contributed by atoms with van der Waals surface area (Å²) >= 11 is 0. The van der Waals surface area contributed by atoms with Crippen LogP contribution in [0, 0.1) is 0 Å². The predicted octanol–water partition coefficient (Wildman–Crippen LogP) is 3.00. The second-order valence-corrected chi connectivity index (χ2v) is 6.41. The van der Waals surface area contributed by atoms with Gasteiger partial charge in [0.2, 0.25) is 5.91 Å². The molecule has 0 aliphatic carbocycles. The van der Waals surface area contributed by atoms with Gasteiger partial charge in [-0.05, 0) is 23.3 Å². The third-order valence-corrected chi connectivity index (χ3v) is 3.99. The third kappa shape index (κ3) is 9.31. The minimum atomic E-state index is -4.36. The van der Waals surface area contributed by atoms with Crippen LogP contribution in [0.1, 0.15) is 17.5 Å². The van der Waals surface area contributed by atoms with Gasteiger partial charge in [0.25, 0.3) is 0 Å². The molecule has 0 heterocycles. The van der Waals surface area contributed by atoms with E-state index in [0.29, 0.717) is 32.0 Å². The number of amides is 1. The lowest BCUT2D eigenvalue weighted by Gasteiger charge is -2.13. The van der Waals surface area contributed by atoms with Crippen molar-refractivity contribution in [1.82, 2.24) is 16.0 Å². The molecule has 9 heteroatoms. The maximum atomic E-state index is 12.2. The molecular formula is C21H25F3N4O2. The fourth-order valence-corrected chi connectivity index (χ4v) is 2.45. The van der Waals surface area contributed by atoms with Crippen molar-refractivity contribution in [1.29, 1.82) is 0 Å². The summed E-state index contributed by atoms with van der Waals surface area (Å²) in [4.78, 5) is 16.0. The smallest absolute Gasteiger partial charge is 0.422 e. The molecule has 2 rings (SSSR count). The lowest BCUT2D eigenvalue weighted by molar-refractivity contribution is -0.153. The molecule has 0 spiro atoms. The van der Waals surface area contributed by atoms with Gasteiger partial charge in [0.05, 0.1) is 0 Å². The molecule has 0 aliphatic heterocycles. The Hall–Kier alpha value is -3.23. The summed E-state index contributed by atoms with van der Waals surface area (Å²) in [7, 11) is 1.61. The van der Waals surface area contributed by atoms with Crippen LogP contribution in [0.5, 0.6) is 5.75 Å². The molecule has 0 radical (unpaired) electrons. The average molecular weight is 422 g/mol. The molecule has 0 saturated heterocycles. The molecule has 0 bridgehead atoms.